The van der Waals surface area contributed by atoms with Crippen LogP contribution in [0.2, 0.25) is 0 Å². The van der Waals surface area contributed by atoms with E-state index in [-0.39, 0.29) is 30.6 Å². The van der Waals surface area contributed by atoms with Gasteiger partial charge in [0.05, 0.1) is 13.0 Å². The standard InChI is InChI=1S/C25H27IN4O4/c1-16-10-17(2)12-19(11-16)13-22(31)30-9-8-25(30,3)23(32)29(15-21-27-24(33)34-28-21)14-18-4-6-20(26)7-5-18/h4-7,10-12H,8-9,13-15H2,1-3H3,(H,27,28,33). The van der Waals surface area contributed by atoms with Crippen LogP contribution in [-0.4, -0.2) is 48.9 Å². The molecule has 0 saturated carbocycles. The lowest BCUT2D eigenvalue weighted by atomic mass is 9.84. The van der Waals surface area contributed by atoms with Crippen LogP contribution in [0, 0.1) is 17.4 Å². The van der Waals surface area contributed by atoms with Crippen molar-refractivity contribution in [1.82, 2.24) is 19.9 Å². The third-order valence-corrected chi connectivity index (χ3v) is 6.90. The van der Waals surface area contributed by atoms with Crippen molar-refractivity contribution in [2.75, 3.05) is 6.54 Å². The summed E-state index contributed by atoms with van der Waals surface area (Å²) in [7, 11) is 0. The van der Waals surface area contributed by atoms with Gasteiger partial charge in [0.1, 0.15) is 5.54 Å². The molecule has 2 amide bonds. The van der Waals surface area contributed by atoms with Gasteiger partial charge in [0.25, 0.3) is 0 Å². The summed E-state index contributed by atoms with van der Waals surface area (Å²) in [6.07, 6.45) is 0.281. The molecule has 8 nitrogen and oxygen atoms in total. The quantitative estimate of drug-likeness (QED) is 0.432. The van der Waals surface area contributed by atoms with E-state index in [1.54, 1.807) is 9.80 Å². The molecule has 1 aliphatic rings. The van der Waals surface area contributed by atoms with Gasteiger partial charge < -0.3 is 14.9 Å². The number of carbonyl (C=O) groups excluding carboxylic acids is 2. The molecule has 4 rings (SSSR count). The highest BCUT2D eigenvalue weighted by molar-refractivity contribution is 14.1. The van der Waals surface area contributed by atoms with Gasteiger partial charge in [-0.25, -0.2) is 0 Å². The molecule has 0 bridgehead atoms. The molecule has 0 spiro atoms. The summed E-state index contributed by atoms with van der Waals surface area (Å²) < 4.78 is 5.77. The Morgan fingerprint density at radius 1 is 1.12 bits per heavy atom. The highest BCUT2D eigenvalue weighted by Crippen LogP contribution is 2.34. The first-order valence-corrected chi connectivity index (χ1v) is 12.1. The maximum atomic E-state index is 13.8. The van der Waals surface area contributed by atoms with E-state index in [1.807, 2.05) is 57.2 Å². The molecule has 1 saturated heterocycles. The number of carbonyl (C=O) groups is 2. The second-order valence-corrected chi connectivity index (χ2v) is 10.3. The second-order valence-electron chi connectivity index (χ2n) is 9.02. The van der Waals surface area contributed by atoms with Gasteiger partial charge in [-0.05, 0) is 73.0 Å². The number of nitrogens with zero attached hydrogens (tertiary/aromatic N) is 4. The number of aryl methyl sites for hydroxylation is 2. The number of benzene rings is 2. The van der Waals surface area contributed by atoms with Gasteiger partial charge in [-0.3, -0.25) is 14.1 Å². The predicted molar refractivity (Wildman–Crippen MR) is 134 cm³/mol. The van der Waals surface area contributed by atoms with Crippen molar-refractivity contribution in [3.05, 3.63) is 74.1 Å². The number of hydrogen-bond donors (Lipinski definition) is 1. The summed E-state index contributed by atoms with van der Waals surface area (Å²) in [4.78, 5) is 34.1. The largest absolute Gasteiger partial charge is 0.464 e. The first kappa shape index (κ1) is 24.2. The van der Waals surface area contributed by atoms with E-state index in [0.717, 1.165) is 25.8 Å². The number of rotatable bonds is 7. The molecule has 2 heterocycles. The molecule has 0 radical (unpaired) electrons. The molecule has 1 unspecified atom stereocenters. The second kappa shape index (κ2) is 9.73. The van der Waals surface area contributed by atoms with E-state index in [2.05, 4.69) is 43.3 Å². The zero-order valence-corrected chi connectivity index (χ0v) is 21.6. The van der Waals surface area contributed by atoms with Crippen molar-refractivity contribution in [3.63, 3.8) is 0 Å². The van der Waals surface area contributed by atoms with Gasteiger partial charge in [-0.1, -0.05) is 46.6 Å². The zero-order valence-electron chi connectivity index (χ0n) is 19.4. The van der Waals surface area contributed by atoms with Gasteiger partial charge in [-0.15, -0.1) is 0 Å². The highest BCUT2D eigenvalue weighted by Gasteiger charge is 2.51. The summed E-state index contributed by atoms with van der Waals surface area (Å²) in [6, 6.07) is 14.0. The number of halogens is 1. The Labute approximate surface area is 212 Å². The number of aromatic nitrogens is 2. The number of amides is 2. The van der Waals surface area contributed by atoms with Crippen LogP contribution in [0.25, 0.3) is 0 Å². The molecular formula is C25H27IN4O4. The average molecular weight is 574 g/mol. The number of aromatic hydroxyl groups is 1. The minimum atomic E-state index is -0.953. The maximum absolute atomic E-state index is 13.8. The van der Waals surface area contributed by atoms with Gasteiger partial charge in [0.2, 0.25) is 11.8 Å². The molecule has 1 N–H and O–H groups in total. The van der Waals surface area contributed by atoms with E-state index in [9.17, 15) is 14.7 Å². The first-order valence-electron chi connectivity index (χ1n) is 11.1. The number of likely N-dealkylation sites (tertiary alicyclic amines) is 1. The Bertz CT molecular complexity index is 1190. The van der Waals surface area contributed by atoms with E-state index >= 15 is 0 Å². The van der Waals surface area contributed by atoms with Crippen molar-refractivity contribution in [2.24, 2.45) is 0 Å². The number of hydrogen-bond acceptors (Lipinski definition) is 6. The van der Waals surface area contributed by atoms with Crippen LogP contribution in [0.3, 0.4) is 0 Å². The maximum Gasteiger partial charge on any atom is 0.414 e. The molecule has 0 aliphatic carbocycles. The van der Waals surface area contributed by atoms with Gasteiger partial charge in [0.15, 0.2) is 5.82 Å². The lowest BCUT2D eigenvalue weighted by Gasteiger charge is -2.51. The third kappa shape index (κ3) is 5.24. The van der Waals surface area contributed by atoms with Crippen molar-refractivity contribution in [3.8, 4) is 6.08 Å². The van der Waals surface area contributed by atoms with Crippen LogP contribution in [0.5, 0.6) is 6.08 Å². The summed E-state index contributed by atoms with van der Waals surface area (Å²) in [5.74, 6) is -0.0544. The van der Waals surface area contributed by atoms with Gasteiger partial charge >= 0.3 is 6.08 Å². The van der Waals surface area contributed by atoms with E-state index in [4.69, 9.17) is 0 Å². The van der Waals surface area contributed by atoms with Crippen molar-refractivity contribution >= 4 is 34.4 Å². The fourth-order valence-corrected chi connectivity index (χ4v) is 4.81. The molecule has 2 aromatic carbocycles. The van der Waals surface area contributed by atoms with E-state index in [1.165, 1.54) is 0 Å². The molecule has 1 aliphatic heterocycles. The van der Waals surface area contributed by atoms with E-state index in [0.29, 0.717) is 19.5 Å². The van der Waals surface area contributed by atoms with Crippen LogP contribution in [0.15, 0.2) is 47.0 Å². The van der Waals surface area contributed by atoms with Crippen LogP contribution in [0.1, 0.15) is 41.4 Å². The Balaban J connectivity index is 1.54. The fourth-order valence-electron chi connectivity index (χ4n) is 4.45. The Morgan fingerprint density at radius 2 is 1.79 bits per heavy atom. The topological polar surface area (TPSA) is 99.8 Å². The van der Waals surface area contributed by atoms with Crippen LogP contribution >= 0.6 is 22.6 Å². The molecule has 3 aromatic rings. The smallest absolute Gasteiger partial charge is 0.414 e. The predicted octanol–water partition coefficient (Wildman–Crippen LogP) is 3.76. The summed E-state index contributed by atoms with van der Waals surface area (Å²) in [5.41, 5.74) is 3.15. The van der Waals surface area contributed by atoms with Gasteiger partial charge in [0, 0.05) is 16.7 Å². The summed E-state index contributed by atoms with van der Waals surface area (Å²) in [6.45, 7) is 6.75. The summed E-state index contributed by atoms with van der Waals surface area (Å²) in [5, 5.41) is 13.2. The molecule has 9 heteroatoms. The normalized spacial score (nSPS) is 17.4. The molecule has 1 atom stereocenters. The minimum absolute atomic E-state index is 0.0591. The first-order chi connectivity index (χ1) is 16.1. The lowest BCUT2D eigenvalue weighted by Crippen LogP contribution is -2.67. The molecular weight excluding hydrogens is 547 g/mol. The van der Waals surface area contributed by atoms with Crippen LogP contribution in [0.4, 0.5) is 0 Å². The SMILES string of the molecule is Cc1cc(C)cc(CC(=O)N2CCC2(C)C(=O)N(Cc2ccc(I)cc2)Cc2noc(O)n2)c1. The minimum Gasteiger partial charge on any atom is -0.464 e. The fraction of sp³-hybridized carbons (Fsp3) is 0.360. The van der Waals surface area contributed by atoms with Crippen molar-refractivity contribution < 1.29 is 19.2 Å². The Kier molecular flexibility index (Phi) is 6.92. The van der Waals surface area contributed by atoms with Crippen molar-refractivity contribution in [1.29, 1.82) is 0 Å². The Morgan fingerprint density at radius 3 is 2.35 bits per heavy atom. The van der Waals surface area contributed by atoms with Crippen LogP contribution in [-0.2, 0) is 29.1 Å². The van der Waals surface area contributed by atoms with Gasteiger partial charge in [-0.2, -0.15) is 4.98 Å². The highest BCUT2D eigenvalue weighted by atomic mass is 127. The van der Waals surface area contributed by atoms with Crippen LogP contribution < -0.4 is 0 Å². The van der Waals surface area contributed by atoms with Crippen molar-refractivity contribution in [2.45, 2.75) is 52.2 Å². The Hall–Kier alpha value is -2.95. The monoisotopic (exact) mass is 574 g/mol. The average Bonchev–Trinajstić information content (AvgIpc) is 3.16. The molecule has 34 heavy (non-hydrogen) atoms. The lowest BCUT2D eigenvalue weighted by molar-refractivity contribution is -0.164. The third-order valence-electron chi connectivity index (χ3n) is 6.18. The summed E-state index contributed by atoms with van der Waals surface area (Å²) >= 11 is 2.23. The molecule has 1 aromatic heterocycles. The molecule has 1 fully saturated rings. The molecule has 178 valence electrons. The van der Waals surface area contributed by atoms with E-state index < -0.39 is 11.6 Å². The zero-order chi connectivity index (χ0) is 24.5.